The number of fused-ring (bicyclic) bond motifs is 1. The Morgan fingerprint density at radius 1 is 1.28 bits per heavy atom. The number of hydrogen-bond acceptors (Lipinski definition) is 4. The van der Waals surface area contributed by atoms with Gasteiger partial charge in [-0.25, -0.2) is 13.9 Å². The molecule has 3 aromatic rings. The average molecular weight is 449 g/mol. The van der Waals surface area contributed by atoms with Crippen LogP contribution in [0.25, 0.3) is 5.78 Å². The molecule has 1 aliphatic heterocycles. The van der Waals surface area contributed by atoms with Gasteiger partial charge in [0.2, 0.25) is 0 Å². The van der Waals surface area contributed by atoms with Gasteiger partial charge in [0, 0.05) is 35.2 Å². The van der Waals surface area contributed by atoms with Gasteiger partial charge >= 0.3 is 0 Å². The summed E-state index contributed by atoms with van der Waals surface area (Å²) in [6, 6.07) is 5.89. The summed E-state index contributed by atoms with van der Waals surface area (Å²) in [5.74, 6) is 0.861. The molecule has 29 heavy (non-hydrogen) atoms. The Morgan fingerprint density at radius 3 is 2.79 bits per heavy atom. The number of benzene rings is 1. The predicted molar refractivity (Wildman–Crippen MR) is 125 cm³/mol. The number of nitrogens with zero attached hydrogens (tertiary/aromatic N) is 5. The fourth-order valence-electron chi connectivity index (χ4n) is 4.29. The minimum Gasteiger partial charge on any atom is -0.298 e. The minimum absolute atomic E-state index is 0.150. The second kappa shape index (κ2) is 8.23. The van der Waals surface area contributed by atoms with Crippen molar-refractivity contribution in [2.45, 2.75) is 44.0 Å². The lowest BCUT2D eigenvalue weighted by atomic mass is 9.93. The number of aryl methyl sites for hydroxylation is 1. The molecule has 1 saturated heterocycles. The van der Waals surface area contributed by atoms with Crippen LogP contribution in [0.3, 0.4) is 0 Å². The molecule has 2 aromatic heterocycles. The molecule has 3 unspecified atom stereocenters. The van der Waals surface area contributed by atoms with Crippen LogP contribution in [0.15, 0.2) is 24.5 Å². The largest absolute Gasteiger partial charge is 0.298 e. The lowest BCUT2D eigenvalue weighted by Crippen LogP contribution is -2.35. The molecule has 0 amide bonds. The molecule has 1 aliphatic rings. The molecule has 0 saturated carbocycles. The number of aromatic nitrogens is 4. The highest BCUT2D eigenvalue weighted by Gasteiger charge is 2.26. The third-order valence-corrected chi connectivity index (χ3v) is 6.49. The Bertz CT molecular complexity index is 1020. The van der Waals surface area contributed by atoms with Crippen LogP contribution < -0.4 is 5.30 Å². The van der Waals surface area contributed by atoms with Gasteiger partial charge in [-0.2, -0.15) is 10.1 Å². The Balaban J connectivity index is 1.56. The van der Waals surface area contributed by atoms with Crippen LogP contribution in [0.2, 0.25) is 0 Å². The Hall–Kier alpha value is -1.05. The van der Waals surface area contributed by atoms with Crippen molar-refractivity contribution in [2.24, 2.45) is 0 Å². The molecule has 9 heteroatoms. The maximum Gasteiger partial charge on any atom is 0.252 e. The molecule has 0 N–H and O–H groups in total. The van der Waals surface area contributed by atoms with Crippen LogP contribution in [0.4, 0.5) is 4.39 Å². The zero-order chi connectivity index (χ0) is 20.8. The van der Waals surface area contributed by atoms with E-state index in [0.29, 0.717) is 17.3 Å². The van der Waals surface area contributed by atoms with Crippen LogP contribution in [0, 0.1) is 12.7 Å². The molecule has 4 atom stereocenters. The van der Waals surface area contributed by atoms with Crippen molar-refractivity contribution < 1.29 is 4.39 Å². The SMILES string of the molecule is Cc1cc([C@H]2CCCN(Cc3cc(F)c(C(C)(P)P)c(P)c3)C2)n2ncnc2n1. The fourth-order valence-corrected chi connectivity index (χ4v) is 5.90. The highest BCUT2D eigenvalue weighted by atomic mass is 31.1. The number of halogens is 1. The molecule has 0 spiro atoms. The summed E-state index contributed by atoms with van der Waals surface area (Å²) in [7, 11) is 8.09. The van der Waals surface area contributed by atoms with Crippen molar-refractivity contribution in [3.8, 4) is 0 Å². The molecule has 0 aliphatic carbocycles. The van der Waals surface area contributed by atoms with Gasteiger partial charge < -0.3 is 0 Å². The summed E-state index contributed by atoms with van der Waals surface area (Å²) in [5, 5.41) is 5.28. The first-order valence-electron chi connectivity index (χ1n) is 9.78. The van der Waals surface area contributed by atoms with Crippen molar-refractivity contribution in [2.75, 3.05) is 13.1 Å². The molecule has 0 radical (unpaired) electrons. The summed E-state index contributed by atoms with van der Waals surface area (Å²) >= 11 is 0. The maximum absolute atomic E-state index is 14.8. The van der Waals surface area contributed by atoms with Crippen LogP contribution in [0.5, 0.6) is 0 Å². The molecule has 4 rings (SSSR count). The van der Waals surface area contributed by atoms with Gasteiger partial charge in [-0.3, -0.25) is 4.90 Å². The van der Waals surface area contributed by atoms with E-state index in [2.05, 4.69) is 59.8 Å². The van der Waals surface area contributed by atoms with E-state index < -0.39 is 0 Å². The Labute approximate surface area is 177 Å². The van der Waals surface area contributed by atoms with Crippen LogP contribution in [-0.2, 0) is 11.4 Å². The highest BCUT2D eigenvalue weighted by molar-refractivity contribution is 7.39. The minimum atomic E-state index is -0.377. The van der Waals surface area contributed by atoms with E-state index in [1.807, 2.05) is 18.4 Å². The van der Waals surface area contributed by atoms with Crippen molar-refractivity contribution in [1.29, 1.82) is 0 Å². The fraction of sp³-hybridized carbons (Fsp3) is 0.450. The number of hydrogen-bond donors (Lipinski definition) is 0. The summed E-state index contributed by atoms with van der Waals surface area (Å²) in [4.78, 5) is 10.7. The van der Waals surface area contributed by atoms with Gasteiger partial charge in [0.25, 0.3) is 5.78 Å². The summed E-state index contributed by atoms with van der Waals surface area (Å²) < 4.78 is 16.7. The normalized spacial score (nSPS) is 18.5. The van der Waals surface area contributed by atoms with Gasteiger partial charge in [-0.1, -0.05) is 6.07 Å². The van der Waals surface area contributed by atoms with Crippen molar-refractivity contribution in [3.63, 3.8) is 0 Å². The standard InChI is InChI=1S/C20H27FN5P3/c1-12-6-16(26-19(24-12)22-11-23-26)14-4-3-5-25(10-14)9-13-7-15(21)18(17(27)8-13)20(2,28)29/h6-8,11,14H,3-5,9-10,27-29H2,1-2H3/t14-/m0/s1. The van der Waals surface area contributed by atoms with Crippen molar-refractivity contribution in [1.82, 2.24) is 24.5 Å². The smallest absolute Gasteiger partial charge is 0.252 e. The number of rotatable bonds is 4. The second-order valence-corrected chi connectivity index (χ2v) is 11.9. The van der Waals surface area contributed by atoms with Crippen molar-refractivity contribution in [3.05, 3.63) is 52.9 Å². The number of likely N-dealkylation sites (tertiary alicyclic amines) is 1. The van der Waals surface area contributed by atoms with E-state index in [9.17, 15) is 4.39 Å². The van der Waals surface area contributed by atoms with E-state index in [1.165, 1.54) is 0 Å². The zero-order valence-corrected chi connectivity index (χ0v) is 20.2. The second-order valence-electron chi connectivity index (χ2n) is 8.19. The molecule has 1 fully saturated rings. The molecule has 5 nitrogen and oxygen atoms in total. The lowest BCUT2D eigenvalue weighted by molar-refractivity contribution is 0.197. The van der Waals surface area contributed by atoms with Crippen molar-refractivity contribution >= 4 is 38.8 Å². The predicted octanol–water partition coefficient (Wildman–Crippen LogP) is 3.37. The monoisotopic (exact) mass is 449 g/mol. The van der Waals surface area contributed by atoms with Gasteiger partial charge in [0.15, 0.2) is 0 Å². The third-order valence-electron chi connectivity index (χ3n) is 5.46. The summed E-state index contributed by atoms with van der Waals surface area (Å²) in [5.41, 5.74) is 3.83. The summed E-state index contributed by atoms with van der Waals surface area (Å²) in [6.07, 6.45) is 3.77. The van der Waals surface area contributed by atoms with Crippen LogP contribution in [-0.4, -0.2) is 37.6 Å². The zero-order valence-electron chi connectivity index (χ0n) is 16.8. The first-order valence-corrected chi connectivity index (χ1v) is 11.5. The number of piperidine rings is 1. The maximum atomic E-state index is 14.8. The lowest BCUT2D eigenvalue weighted by Gasteiger charge is -2.33. The highest BCUT2D eigenvalue weighted by Crippen LogP contribution is 2.39. The third kappa shape index (κ3) is 4.52. The average Bonchev–Trinajstić information content (AvgIpc) is 3.07. The molecule has 3 heterocycles. The molecule has 154 valence electrons. The molecular formula is C20H27FN5P3. The molecule has 1 aromatic carbocycles. The van der Waals surface area contributed by atoms with Crippen LogP contribution >= 0.6 is 27.7 Å². The van der Waals surface area contributed by atoms with Gasteiger partial charge in [0.1, 0.15) is 12.1 Å². The first-order chi connectivity index (χ1) is 13.7. The Morgan fingerprint density at radius 2 is 2.07 bits per heavy atom. The topological polar surface area (TPSA) is 46.3 Å². The summed E-state index contributed by atoms with van der Waals surface area (Å²) in [6.45, 7) is 6.64. The van der Waals surface area contributed by atoms with Gasteiger partial charge in [0.05, 0.1) is 5.69 Å². The Kier molecular flexibility index (Phi) is 6.02. The first kappa shape index (κ1) is 21.2. The molecular weight excluding hydrogens is 422 g/mol. The van der Waals surface area contributed by atoms with E-state index in [1.54, 1.807) is 12.4 Å². The van der Waals surface area contributed by atoms with E-state index in [-0.39, 0.29) is 10.7 Å². The molecule has 0 bridgehead atoms. The van der Waals surface area contributed by atoms with E-state index >= 15 is 0 Å². The van der Waals surface area contributed by atoms with Crippen LogP contribution in [0.1, 0.15) is 48.2 Å². The van der Waals surface area contributed by atoms with Gasteiger partial charge in [-0.15, -0.1) is 27.7 Å². The van der Waals surface area contributed by atoms with E-state index in [0.717, 1.165) is 54.7 Å². The van der Waals surface area contributed by atoms with Gasteiger partial charge in [-0.05, 0) is 56.2 Å². The quantitative estimate of drug-likeness (QED) is 0.573. The van der Waals surface area contributed by atoms with E-state index in [4.69, 9.17) is 0 Å².